The molecule has 23 heavy (non-hydrogen) atoms. The second-order valence-electron chi connectivity index (χ2n) is 5.72. The Labute approximate surface area is 135 Å². The number of aromatic nitrogens is 3. The van der Waals surface area contributed by atoms with E-state index in [1.54, 1.807) is 0 Å². The molecule has 0 aliphatic heterocycles. The zero-order valence-electron chi connectivity index (χ0n) is 13.6. The lowest BCUT2D eigenvalue weighted by atomic mass is 10.2. The van der Waals surface area contributed by atoms with Gasteiger partial charge >= 0.3 is 0 Å². The van der Waals surface area contributed by atoms with Crippen LogP contribution in [0.25, 0.3) is 22.4 Å². The number of H-pyrrole nitrogens is 1. The number of aliphatic hydroxyl groups is 1. The maximum atomic E-state index is 8.92. The molecule has 5 heteroatoms. The second-order valence-corrected chi connectivity index (χ2v) is 5.72. The van der Waals surface area contributed by atoms with Crippen LogP contribution in [0.1, 0.15) is 24.1 Å². The van der Waals surface area contributed by atoms with Crippen molar-refractivity contribution < 1.29 is 5.11 Å². The van der Waals surface area contributed by atoms with Gasteiger partial charge in [-0.1, -0.05) is 30.3 Å². The molecule has 0 amide bonds. The maximum absolute atomic E-state index is 8.92. The first-order chi connectivity index (χ1) is 11.2. The molecule has 0 spiro atoms. The highest BCUT2D eigenvalue weighted by molar-refractivity contribution is 5.92. The summed E-state index contributed by atoms with van der Waals surface area (Å²) in [5.41, 5.74) is 4.14. The van der Waals surface area contributed by atoms with Crippen molar-refractivity contribution in [1.29, 1.82) is 0 Å². The highest BCUT2D eigenvalue weighted by atomic mass is 16.2. The van der Waals surface area contributed by atoms with Crippen molar-refractivity contribution in [2.45, 2.75) is 26.7 Å². The Bertz CT molecular complexity index is 796. The summed E-state index contributed by atoms with van der Waals surface area (Å²) >= 11 is 0. The molecular formula is C18H22N4O. The minimum absolute atomic E-state index is 0.221. The molecule has 0 bridgehead atoms. The highest BCUT2D eigenvalue weighted by Crippen LogP contribution is 2.29. The number of rotatable bonds is 6. The zero-order valence-corrected chi connectivity index (χ0v) is 13.6. The van der Waals surface area contributed by atoms with Gasteiger partial charge in [-0.2, -0.15) is 0 Å². The minimum Gasteiger partial charge on any atom is -0.396 e. The number of benzene rings is 1. The Balaban J connectivity index is 2.03. The molecular weight excluding hydrogens is 288 g/mol. The fourth-order valence-corrected chi connectivity index (χ4v) is 2.65. The first kappa shape index (κ1) is 15.5. The van der Waals surface area contributed by atoms with Crippen molar-refractivity contribution in [1.82, 2.24) is 15.0 Å². The Hall–Kier alpha value is -2.40. The summed E-state index contributed by atoms with van der Waals surface area (Å²) in [4.78, 5) is 12.8. The summed E-state index contributed by atoms with van der Waals surface area (Å²) < 4.78 is 0. The summed E-state index contributed by atoms with van der Waals surface area (Å²) in [6.07, 6.45) is 1.70. The molecule has 2 heterocycles. The van der Waals surface area contributed by atoms with Crippen LogP contribution >= 0.6 is 0 Å². The molecule has 120 valence electrons. The lowest BCUT2D eigenvalue weighted by Gasteiger charge is -2.09. The first-order valence-electron chi connectivity index (χ1n) is 7.97. The summed E-state index contributed by atoms with van der Waals surface area (Å²) in [5.74, 6) is 1.57. The molecule has 0 saturated heterocycles. The van der Waals surface area contributed by atoms with Gasteiger partial charge in [0.1, 0.15) is 11.5 Å². The minimum atomic E-state index is 0.221. The van der Waals surface area contributed by atoms with E-state index < -0.39 is 0 Å². The van der Waals surface area contributed by atoms with Gasteiger partial charge in [0.05, 0.1) is 5.39 Å². The van der Waals surface area contributed by atoms with E-state index in [0.717, 1.165) is 47.5 Å². The standard InChI is InChI=1S/C18H22N4O/c1-12-13(2)20-18-15(12)17(19-10-6-7-11-23)21-16(22-18)14-8-4-3-5-9-14/h3-5,8-9,23H,6-7,10-11H2,1-2H3,(H2,19,20,21,22). The number of fused-ring (bicyclic) bond motifs is 1. The highest BCUT2D eigenvalue weighted by Gasteiger charge is 2.14. The molecule has 3 aromatic rings. The largest absolute Gasteiger partial charge is 0.396 e. The molecule has 2 aromatic heterocycles. The molecule has 0 fully saturated rings. The number of anilines is 1. The maximum Gasteiger partial charge on any atom is 0.163 e. The van der Waals surface area contributed by atoms with Gasteiger partial charge < -0.3 is 15.4 Å². The molecule has 5 nitrogen and oxygen atoms in total. The van der Waals surface area contributed by atoms with Crippen molar-refractivity contribution in [2.75, 3.05) is 18.5 Å². The summed E-state index contributed by atoms with van der Waals surface area (Å²) in [6, 6.07) is 9.99. The van der Waals surface area contributed by atoms with E-state index in [9.17, 15) is 0 Å². The fraction of sp³-hybridized carbons (Fsp3) is 0.333. The predicted molar refractivity (Wildman–Crippen MR) is 93.6 cm³/mol. The number of hydrogen-bond donors (Lipinski definition) is 3. The van der Waals surface area contributed by atoms with E-state index >= 15 is 0 Å². The predicted octanol–water partition coefficient (Wildman–Crippen LogP) is 3.43. The van der Waals surface area contributed by atoms with E-state index in [0.29, 0.717) is 5.82 Å². The summed E-state index contributed by atoms with van der Waals surface area (Å²) in [7, 11) is 0. The fourth-order valence-electron chi connectivity index (χ4n) is 2.65. The third-order valence-electron chi connectivity index (χ3n) is 4.06. The Kier molecular flexibility index (Phi) is 4.57. The van der Waals surface area contributed by atoms with Crippen molar-refractivity contribution in [3.63, 3.8) is 0 Å². The van der Waals surface area contributed by atoms with Gasteiger partial charge in [0.15, 0.2) is 5.82 Å². The van der Waals surface area contributed by atoms with E-state index in [1.807, 2.05) is 30.3 Å². The van der Waals surface area contributed by atoms with Gasteiger partial charge in [-0.15, -0.1) is 0 Å². The van der Waals surface area contributed by atoms with Crippen molar-refractivity contribution in [3.05, 3.63) is 41.6 Å². The van der Waals surface area contributed by atoms with Crippen LogP contribution in [0, 0.1) is 13.8 Å². The summed E-state index contributed by atoms with van der Waals surface area (Å²) in [5, 5.41) is 13.4. The van der Waals surface area contributed by atoms with Gasteiger partial charge in [-0.25, -0.2) is 9.97 Å². The van der Waals surface area contributed by atoms with E-state index in [-0.39, 0.29) is 6.61 Å². The normalized spacial score (nSPS) is 11.1. The number of hydrogen-bond acceptors (Lipinski definition) is 4. The number of nitrogens with zero attached hydrogens (tertiary/aromatic N) is 2. The third-order valence-corrected chi connectivity index (χ3v) is 4.06. The summed E-state index contributed by atoms with van der Waals surface area (Å²) in [6.45, 7) is 5.14. The topological polar surface area (TPSA) is 73.8 Å². The van der Waals surface area contributed by atoms with Crippen LogP contribution in [0.5, 0.6) is 0 Å². The average Bonchev–Trinajstić information content (AvgIpc) is 2.87. The molecule has 0 atom stereocenters. The molecule has 0 aliphatic carbocycles. The van der Waals surface area contributed by atoms with Crippen LogP contribution in [0.3, 0.4) is 0 Å². The number of unbranched alkanes of at least 4 members (excludes halogenated alkanes) is 1. The van der Waals surface area contributed by atoms with E-state index in [1.165, 1.54) is 5.56 Å². The van der Waals surface area contributed by atoms with Crippen molar-refractivity contribution in [3.8, 4) is 11.4 Å². The van der Waals surface area contributed by atoms with Crippen LogP contribution in [-0.4, -0.2) is 33.2 Å². The second kappa shape index (κ2) is 6.79. The quantitative estimate of drug-likeness (QED) is 0.610. The molecule has 0 saturated carbocycles. The van der Waals surface area contributed by atoms with Crippen molar-refractivity contribution >= 4 is 16.9 Å². The van der Waals surface area contributed by atoms with Gasteiger partial charge in [0.2, 0.25) is 0 Å². The Morgan fingerprint density at radius 1 is 1.09 bits per heavy atom. The molecule has 3 N–H and O–H groups in total. The molecule has 1 aromatic carbocycles. The Morgan fingerprint density at radius 2 is 1.87 bits per heavy atom. The van der Waals surface area contributed by atoms with Crippen molar-refractivity contribution in [2.24, 2.45) is 0 Å². The molecule has 0 radical (unpaired) electrons. The van der Waals surface area contributed by atoms with Gasteiger partial charge in [0, 0.05) is 24.4 Å². The van der Waals surface area contributed by atoms with Gasteiger partial charge in [0.25, 0.3) is 0 Å². The van der Waals surface area contributed by atoms with Crippen LogP contribution in [-0.2, 0) is 0 Å². The lowest BCUT2D eigenvalue weighted by molar-refractivity contribution is 0.286. The molecule has 3 rings (SSSR count). The average molecular weight is 310 g/mol. The van der Waals surface area contributed by atoms with E-state index in [2.05, 4.69) is 29.1 Å². The molecule has 0 unspecified atom stereocenters. The first-order valence-corrected chi connectivity index (χ1v) is 7.97. The van der Waals surface area contributed by atoms with Crippen LogP contribution in [0.2, 0.25) is 0 Å². The van der Waals surface area contributed by atoms with E-state index in [4.69, 9.17) is 10.1 Å². The monoisotopic (exact) mass is 310 g/mol. The number of nitrogens with one attached hydrogen (secondary N) is 2. The van der Waals surface area contributed by atoms with Crippen LogP contribution in [0.15, 0.2) is 30.3 Å². The van der Waals surface area contributed by atoms with Crippen LogP contribution < -0.4 is 5.32 Å². The lowest BCUT2D eigenvalue weighted by Crippen LogP contribution is -2.06. The van der Waals surface area contributed by atoms with Crippen LogP contribution in [0.4, 0.5) is 5.82 Å². The SMILES string of the molecule is Cc1[nH]c2nc(-c3ccccc3)nc(NCCCCO)c2c1C. The number of aliphatic hydroxyl groups excluding tert-OH is 1. The number of aromatic amines is 1. The van der Waals surface area contributed by atoms with Gasteiger partial charge in [-0.3, -0.25) is 0 Å². The number of aryl methyl sites for hydroxylation is 2. The Morgan fingerprint density at radius 3 is 2.61 bits per heavy atom. The van der Waals surface area contributed by atoms with Gasteiger partial charge in [-0.05, 0) is 32.3 Å². The molecule has 0 aliphatic rings. The third kappa shape index (κ3) is 3.19. The smallest absolute Gasteiger partial charge is 0.163 e. The zero-order chi connectivity index (χ0) is 16.2.